The zero-order valence-corrected chi connectivity index (χ0v) is 12.4. The van der Waals surface area contributed by atoms with E-state index >= 15 is 0 Å². The third-order valence-corrected chi connectivity index (χ3v) is 3.48. The van der Waals surface area contributed by atoms with Crippen LogP contribution in [0.2, 0.25) is 0 Å². The van der Waals surface area contributed by atoms with E-state index in [1.165, 1.54) is 6.07 Å². The lowest BCUT2D eigenvalue weighted by Crippen LogP contribution is -2.27. The van der Waals surface area contributed by atoms with E-state index < -0.39 is 11.7 Å². The van der Waals surface area contributed by atoms with Crippen molar-refractivity contribution in [3.8, 4) is 0 Å². The monoisotopic (exact) mass is 288 g/mol. The van der Waals surface area contributed by atoms with Gasteiger partial charge < -0.3 is 4.90 Å². The largest absolute Gasteiger partial charge is 0.417 e. The molecular weight excluding hydrogens is 265 g/mol. The molecule has 1 heterocycles. The summed E-state index contributed by atoms with van der Waals surface area (Å²) >= 11 is 0. The molecule has 1 atom stereocenters. The number of nitrogens with zero attached hydrogens (tertiary/aromatic N) is 2. The highest BCUT2D eigenvalue weighted by atomic mass is 19.4. The molecule has 0 saturated heterocycles. The molecule has 0 aliphatic heterocycles. The van der Waals surface area contributed by atoms with Crippen molar-refractivity contribution in [2.75, 3.05) is 18.0 Å². The average Bonchev–Trinajstić information content (AvgIpc) is 2.42. The van der Waals surface area contributed by atoms with Crippen LogP contribution in [-0.2, 0) is 6.18 Å². The Morgan fingerprint density at radius 1 is 1.20 bits per heavy atom. The Kier molecular flexibility index (Phi) is 6.30. The second kappa shape index (κ2) is 7.50. The fourth-order valence-corrected chi connectivity index (χ4v) is 1.93. The highest BCUT2D eigenvalue weighted by Crippen LogP contribution is 2.29. The Labute approximate surface area is 119 Å². The molecule has 0 spiro atoms. The molecule has 1 aromatic heterocycles. The third kappa shape index (κ3) is 5.02. The maximum Gasteiger partial charge on any atom is 0.417 e. The first kappa shape index (κ1) is 16.8. The molecule has 5 heteroatoms. The molecular formula is C15H23F3N2. The Morgan fingerprint density at radius 3 is 2.35 bits per heavy atom. The topological polar surface area (TPSA) is 16.1 Å². The van der Waals surface area contributed by atoms with Crippen LogP contribution in [0.25, 0.3) is 0 Å². The molecule has 0 aliphatic carbocycles. The minimum absolute atomic E-state index is 0.615. The molecule has 0 bridgehead atoms. The van der Waals surface area contributed by atoms with Crippen molar-refractivity contribution < 1.29 is 13.2 Å². The van der Waals surface area contributed by atoms with Crippen LogP contribution in [0.3, 0.4) is 0 Å². The number of alkyl halides is 3. The van der Waals surface area contributed by atoms with Gasteiger partial charge in [-0.25, -0.2) is 4.98 Å². The molecule has 114 valence electrons. The Bertz CT molecular complexity index is 387. The van der Waals surface area contributed by atoms with Crippen molar-refractivity contribution in [3.05, 3.63) is 23.9 Å². The van der Waals surface area contributed by atoms with E-state index in [-0.39, 0.29) is 0 Å². The van der Waals surface area contributed by atoms with Gasteiger partial charge in [-0.1, -0.05) is 27.2 Å². The van der Waals surface area contributed by atoms with Crippen molar-refractivity contribution in [1.82, 2.24) is 4.98 Å². The van der Waals surface area contributed by atoms with Crippen LogP contribution in [0, 0.1) is 5.92 Å². The van der Waals surface area contributed by atoms with Crippen LogP contribution in [0.4, 0.5) is 19.0 Å². The second-order valence-corrected chi connectivity index (χ2v) is 5.19. The SMILES string of the molecule is CCCN(CCC(C)CC)c1ccc(C(F)(F)F)cn1. The highest BCUT2D eigenvalue weighted by molar-refractivity contribution is 5.39. The van der Waals surface area contributed by atoms with E-state index in [9.17, 15) is 13.2 Å². The van der Waals surface area contributed by atoms with Crippen molar-refractivity contribution in [3.63, 3.8) is 0 Å². The predicted octanol–water partition coefficient (Wildman–Crippen LogP) is 4.75. The van der Waals surface area contributed by atoms with Crippen molar-refractivity contribution in [1.29, 1.82) is 0 Å². The van der Waals surface area contributed by atoms with E-state index in [2.05, 4.69) is 30.7 Å². The molecule has 0 amide bonds. The van der Waals surface area contributed by atoms with Crippen molar-refractivity contribution in [2.45, 2.75) is 46.2 Å². The summed E-state index contributed by atoms with van der Waals surface area (Å²) in [6, 6.07) is 2.57. The normalized spacial score (nSPS) is 13.3. The zero-order chi connectivity index (χ0) is 15.2. The number of aromatic nitrogens is 1. The second-order valence-electron chi connectivity index (χ2n) is 5.19. The van der Waals surface area contributed by atoms with Gasteiger partial charge in [0.1, 0.15) is 5.82 Å². The maximum absolute atomic E-state index is 12.5. The van der Waals surface area contributed by atoms with Gasteiger partial charge in [0.05, 0.1) is 5.56 Å². The first-order valence-electron chi connectivity index (χ1n) is 7.16. The molecule has 2 nitrogen and oxygen atoms in total. The van der Waals surface area contributed by atoms with Gasteiger partial charge in [-0.15, -0.1) is 0 Å². The summed E-state index contributed by atoms with van der Waals surface area (Å²) < 4.78 is 37.5. The van der Waals surface area contributed by atoms with E-state index in [1.807, 2.05) is 0 Å². The number of hydrogen-bond acceptors (Lipinski definition) is 2. The van der Waals surface area contributed by atoms with Gasteiger partial charge in [-0.05, 0) is 30.9 Å². The van der Waals surface area contributed by atoms with Crippen LogP contribution in [-0.4, -0.2) is 18.1 Å². The van der Waals surface area contributed by atoms with E-state index in [0.29, 0.717) is 11.7 Å². The number of rotatable bonds is 7. The Balaban J connectivity index is 2.76. The molecule has 20 heavy (non-hydrogen) atoms. The molecule has 0 radical (unpaired) electrons. The van der Waals surface area contributed by atoms with Crippen LogP contribution in [0.1, 0.15) is 45.6 Å². The number of anilines is 1. The van der Waals surface area contributed by atoms with Gasteiger partial charge in [0.25, 0.3) is 0 Å². The van der Waals surface area contributed by atoms with E-state index in [1.54, 1.807) is 0 Å². The summed E-state index contributed by atoms with van der Waals surface area (Å²) in [6.45, 7) is 8.03. The van der Waals surface area contributed by atoms with Crippen LogP contribution < -0.4 is 4.90 Å². The predicted molar refractivity (Wildman–Crippen MR) is 75.8 cm³/mol. The average molecular weight is 288 g/mol. The molecule has 1 rings (SSSR count). The zero-order valence-electron chi connectivity index (χ0n) is 12.4. The first-order chi connectivity index (χ1) is 9.38. The molecule has 1 aromatic rings. The lowest BCUT2D eigenvalue weighted by atomic mass is 10.1. The molecule has 0 aromatic carbocycles. The minimum atomic E-state index is -4.32. The van der Waals surface area contributed by atoms with Crippen molar-refractivity contribution >= 4 is 5.82 Å². The fourth-order valence-electron chi connectivity index (χ4n) is 1.93. The number of pyridine rings is 1. The smallest absolute Gasteiger partial charge is 0.357 e. The van der Waals surface area contributed by atoms with Crippen LogP contribution in [0.15, 0.2) is 18.3 Å². The van der Waals surface area contributed by atoms with Gasteiger partial charge in [0.15, 0.2) is 0 Å². The quantitative estimate of drug-likeness (QED) is 0.719. The van der Waals surface area contributed by atoms with Gasteiger partial charge >= 0.3 is 6.18 Å². The highest BCUT2D eigenvalue weighted by Gasteiger charge is 2.30. The lowest BCUT2D eigenvalue weighted by molar-refractivity contribution is -0.137. The minimum Gasteiger partial charge on any atom is -0.357 e. The third-order valence-electron chi connectivity index (χ3n) is 3.48. The summed E-state index contributed by atoms with van der Waals surface area (Å²) in [5.41, 5.74) is -0.695. The van der Waals surface area contributed by atoms with Gasteiger partial charge in [0.2, 0.25) is 0 Å². The summed E-state index contributed by atoms with van der Waals surface area (Å²) in [6.07, 6.45) is -0.318. The van der Waals surface area contributed by atoms with Gasteiger partial charge in [-0.3, -0.25) is 0 Å². The molecule has 1 unspecified atom stereocenters. The van der Waals surface area contributed by atoms with Crippen molar-refractivity contribution in [2.24, 2.45) is 5.92 Å². The fraction of sp³-hybridized carbons (Fsp3) is 0.667. The summed E-state index contributed by atoms with van der Waals surface area (Å²) in [5, 5.41) is 0. The molecule has 0 saturated carbocycles. The molecule has 0 aliphatic rings. The number of halogens is 3. The van der Waals surface area contributed by atoms with E-state index in [4.69, 9.17) is 0 Å². The maximum atomic E-state index is 12.5. The van der Waals surface area contributed by atoms with Crippen LogP contribution >= 0.6 is 0 Å². The van der Waals surface area contributed by atoms with E-state index in [0.717, 1.165) is 44.6 Å². The first-order valence-corrected chi connectivity index (χ1v) is 7.16. The summed E-state index contributed by atoms with van der Waals surface area (Å²) in [7, 11) is 0. The Morgan fingerprint density at radius 2 is 1.90 bits per heavy atom. The molecule has 0 N–H and O–H groups in total. The Hall–Kier alpha value is -1.26. The summed E-state index contributed by atoms with van der Waals surface area (Å²) in [5.74, 6) is 1.24. The summed E-state index contributed by atoms with van der Waals surface area (Å²) in [4.78, 5) is 6.04. The van der Waals surface area contributed by atoms with Crippen LogP contribution in [0.5, 0.6) is 0 Å². The lowest BCUT2D eigenvalue weighted by Gasteiger charge is -2.24. The molecule has 0 fully saturated rings. The van der Waals surface area contributed by atoms with Gasteiger partial charge in [-0.2, -0.15) is 13.2 Å². The van der Waals surface area contributed by atoms with Gasteiger partial charge in [0, 0.05) is 19.3 Å². The standard InChI is InChI=1S/C15H23F3N2/c1-4-9-20(10-8-12(3)5-2)14-7-6-13(11-19-14)15(16,17)18/h6-7,11-12H,4-5,8-10H2,1-3H3. The number of hydrogen-bond donors (Lipinski definition) is 0.